The fraction of sp³-hybridized carbons (Fsp3) is 1.00. The molecule has 1 heterocycles. The predicted octanol–water partition coefficient (Wildman–Crippen LogP) is 3.16. The lowest BCUT2D eigenvalue weighted by Gasteiger charge is -2.17. The van der Waals surface area contributed by atoms with Crippen LogP contribution in [0, 0.1) is 11.8 Å². The van der Waals surface area contributed by atoms with Gasteiger partial charge in [-0.05, 0) is 29.8 Å². The molecule has 0 radical (unpaired) electrons. The molecular formula is C8H15BrS. The first-order chi connectivity index (χ1) is 4.88. The number of rotatable bonds is 3. The van der Waals surface area contributed by atoms with E-state index >= 15 is 0 Å². The van der Waals surface area contributed by atoms with Crippen LogP contribution in [0.3, 0.4) is 0 Å². The average Bonchev–Trinajstić information content (AvgIpc) is 2.43. The highest BCUT2D eigenvalue weighted by Gasteiger charge is 2.22. The van der Waals surface area contributed by atoms with Gasteiger partial charge in [-0.3, -0.25) is 0 Å². The Morgan fingerprint density at radius 3 is 2.90 bits per heavy atom. The fourth-order valence-electron chi connectivity index (χ4n) is 1.49. The third-order valence-corrected chi connectivity index (χ3v) is 4.37. The van der Waals surface area contributed by atoms with E-state index < -0.39 is 0 Å². The Morgan fingerprint density at radius 2 is 2.50 bits per heavy atom. The number of thioether (sulfide) groups is 1. The van der Waals surface area contributed by atoms with Crippen LogP contribution in [-0.4, -0.2) is 16.8 Å². The van der Waals surface area contributed by atoms with Gasteiger partial charge in [0.25, 0.3) is 0 Å². The van der Waals surface area contributed by atoms with Gasteiger partial charge < -0.3 is 0 Å². The Bertz CT molecular complexity index is 85.3. The molecular weight excluding hydrogens is 208 g/mol. The summed E-state index contributed by atoms with van der Waals surface area (Å²) < 4.78 is 0. The molecule has 1 rings (SSSR count). The summed E-state index contributed by atoms with van der Waals surface area (Å²) in [5.41, 5.74) is 0. The summed E-state index contributed by atoms with van der Waals surface area (Å²) in [5.74, 6) is 4.75. The van der Waals surface area contributed by atoms with Crippen molar-refractivity contribution in [2.24, 2.45) is 11.8 Å². The second kappa shape index (κ2) is 4.66. The van der Waals surface area contributed by atoms with Crippen molar-refractivity contribution in [3.8, 4) is 0 Å². The molecule has 60 valence electrons. The lowest BCUT2D eigenvalue weighted by molar-refractivity contribution is 0.394. The van der Waals surface area contributed by atoms with Crippen molar-refractivity contribution in [2.45, 2.75) is 19.8 Å². The summed E-state index contributed by atoms with van der Waals surface area (Å²) in [6.45, 7) is 2.30. The highest BCUT2D eigenvalue weighted by Crippen LogP contribution is 2.32. The van der Waals surface area contributed by atoms with E-state index in [4.69, 9.17) is 0 Å². The lowest BCUT2D eigenvalue weighted by atomic mass is 9.92. The third-order valence-electron chi connectivity index (χ3n) is 2.35. The van der Waals surface area contributed by atoms with E-state index in [2.05, 4.69) is 34.6 Å². The molecule has 1 fully saturated rings. The first-order valence-corrected chi connectivity index (χ1v) is 6.29. The van der Waals surface area contributed by atoms with Gasteiger partial charge >= 0.3 is 0 Å². The predicted molar refractivity (Wildman–Crippen MR) is 53.0 cm³/mol. The highest BCUT2D eigenvalue weighted by molar-refractivity contribution is 9.09. The molecule has 0 saturated carbocycles. The second-order valence-electron chi connectivity index (χ2n) is 2.95. The molecule has 2 atom stereocenters. The van der Waals surface area contributed by atoms with E-state index in [1.807, 2.05) is 0 Å². The van der Waals surface area contributed by atoms with Crippen LogP contribution in [0.15, 0.2) is 0 Å². The topological polar surface area (TPSA) is 0 Å². The minimum atomic E-state index is 0.940. The summed E-state index contributed by atoms with van der Waals surface area (Å²) in [7, 11) is 0. The van der Waals surface area contributed by atoms with Crippen LogP contribution in [0.1, 0.15) is 19.8 Å². The Hall–Kier alpha value is 0.830. The molecule has 0 aliphatic carbocycles. The van der Waals surface area contributed by atoms with Crippen LogP contribution < -0.4 is 0 Å². The first-order valence-electron chi connectivity index (χ1n) is 4.02. The maximum Gasteiger partial charge on any atom is 0.00625 e. The molecule has 0 spiro atoms. The quantitative estimate of drug-likeness (QED) is 0.662. The van der Waals surface area contributed by atoms with E-state index in [0.29, 0.717) is 0 Å². The van der Waals surface area contributed by atoms with Crippen molar-refractivity contribution in [3.63, 3.8) is 0 Å². The van der Waals surface area contributed by atoms with E-state index in [1.165, 1.54) is 29.7 Å². The van der Waals surface area contributed by atoms with Gasteiger partial charge in [0.15, 0.2) is 0 Å². The minimum Gasteiger partial charge on any atom is -0.162 e. The van der Waals surface area contributed by atoms with Gasteiger partial charge in [-0.1, -0.05) is 29.3 Å². The van der Waals surface area contributed by atoms with E-state index in [-0.39, 0.29) is 0 Å². The van der Waals surface area contributed by atoms with Gasteiger partial charge in [0, 0.05) is 5.33 Å². The molecule has 1 aliphatic rings. The van der Waals surface area contributed by atoms with Crippen LogP contribution in [0.25, 0.3) is 0 Å². The minimum absolute atomic E-state index is 0.940. The largest absolute Gasteiger partial charge is 0.162 e. The lowest BCUT2D eigenvalue weighted by Crippen LogP contribution is -2.14. The van der Waals surface area contributed by atoms with Gasteiger partial charge in [-0.2, -0.15) is 11.8 Å². The van der Waals surface area contributed by atoms with Crippen LogP contribution >= 0.6 is 27.7 Å². The van der Waals surface area contributed by atoms with Crippen LogP contribution in [0.2, 0.25) is 0 Å². The zero-order valence-electron chi connectivity index (χ0n) is 6.48. The number of alkyl halides is 1. The Balaban J connectivity index is 2.29. The standard InChI is InChI=1S/C8H15BrS/c1-2-7(5-9)8-3-4-10-6-8/h7-8H,2-6H2,1H3. The molecule has 0 amide bonds. The van der Waals surface area contributed by atoms with Gasteiger partial charge in [-0.15, -0.1) is 0 Å². The van der Waals surface area contributed by atoms with Gasteiger partial charge in [0.2, 0.25) is 0 Å². The molecule has 0 N–H and O–H groups in total. The molecule has 0 nitrogen and oxygen atoms in total. The average molecular weight is 223 g/mol. The number of hydrogen-bond donors (Lipinski definition) is 0. The normalized spacial score (nSPS) is 28.8. The Morgan fingerprint density at radius 1 is 1.70 bits per heavy atom. The number of hydrogen-bond acceptors (Lipinski definition) is 1. The van der Waals surface area contributed by atoms with Gasteiger partial charge in [0.1, 0.15) is 0 Å². The third kappa shape index (κ3) is 2.16. The molecule has 0 aromatic carbocycles. The van der Waals surface area contributed by atoms with Crippen molar-refractivity contribution in [1.29, 1.82) is 0 Å². The fourth-order valence-corrected chi connectivity index (χ4v) is 3.86. The molecule has 1 aliphatic heterocycles. The van der Waals surface area contributed by atoms with Crippen molar-refractivity contribution < 1.29 is 0 Å². The van der Waals surface area contributed by atoms with E-state index in [1.54, 1.807) is 0 Å². The second-order valence-corrected chi connectivity index (χ2v) is 4.74. The Kier molecular flexibility index (Phi) is 4.15. The maximum absolute atomic E-state index is 3.58. The zero-order valence-corrected chi connectivity index (χ0v) is 8.88. The van der Waals surface area contributed by atoms with Crippen LogP contribution in [-0.2, 0) is 0 Å². The highest BCUT2D eigenvalue weighted by atomic mass is 79.9. The maximum atomic E-state index is 3.58. The summed E-state index contributed by atoms with van der Waals surface area (Å²) in [4.78, 5) is 0. The molecule has 2 unspecified atom stereocenters. The molecule has 10 heavy (non-hydrogen) atoms. The zero-order chi connectivity index (χ0) is 7.40. The van der Waals surface area contributed by atoms with Crippen LogP contribution in [0.5, 0.6) is 0 Å². The van der Waals surface area contributed by atoms with Crippen molar-refractivity contribution in [2.75, 3.05) is 16.8 Å². The van der Waals surface area contributed by atoms with Crippen molar-refractivity contribution >= 4 is 27.7 Å². The monoisotopic (exact) mass is 222 g/mol. The summed E-state index contributed by atoms with van der Waals surface area (Å²) in [5, 5.41) is 1.20. The van der Waals surface area contributed by atoms with Crippen LogP contribution in [0.4, 0.5) is 0 Å². The number of halogens is 1. The molecule has 0 aromatic heterocycles. The smallest absolute Gasteiger partial charge is 0.00625 e. The molecule has 0 aromatic rings. The SMILES string of the molecule is CCC(CBr)C1CCSC1. The summed E-state index contributed by atoms with van der Waals surface area (Å²) >= 11 is 5.70. The molecule has 2 heteroatoms. The molecule has 1 saturated heterocycles. The van der Waals surface area contributed by atoms with Crippen molar-refractivity contribution in [1.82, 2.24) is 0 Å². The summed E-state index contributed by atoms with van der Waals surface area (Å²) in [6, 6.07) is 0. The van der Waals surface area contributed by atoms with E-state index in [0.717, 1.165) is 11.8 Å². The first kappa shape index (κ1) is 8.92. The van der Waals surface area contributed by atoms with E-state index in [9.17, 15) is 0 Å². The van der Waals surface area contributed by atoms with Gasteiger partial charge in [-0.25, -0.2) is 0 Å². The van der Waals surface area contributed by atoms with Crippen molar-refractivity contribution in [3.05, 3.63) is 0 Å². The summed E-state index contributed by atoms with van der Waals surface area (Å²) in [6.07, 6.45) is 2.80. The molecule has 0 bridgehead atoms. The van der Waals surface area contributed by atoms with Gasteiger partial charge in [0.05, 0.1) is 0 Å². The Labute approximate surface area is 76.3 Å².